The van der Waals surface area contributed by atoms with E-state index in [-0.39, 0.29) is 0 Å². The largest absolute Gasteiger partial charge is 0.329 e. The zero-order chi connectivity index (χ0) is 8.39. The fourth-order valence-corrected chi connectivity index (χ4v) is 2.21. The first-order chi connectivity index (χ1) is 5.90. The number of nitrogens with zero attached hydrogens (tertiary/aromatic N) is 1. The van der Waals surface area contributed by atoms with Gasteiger partial charge in [-0.1, -0.05) is 12.8 Å². The fraction of sp³-hybridized carbons (Fsp3) is 1.00. The van der Waals surface area contributed by atoms with Gasteiger partial charge in [-0.25, -0.2) is 0 Å². The molecule has 1 saturated heterocycles. The van der Waals surface area contributed by atoms with Crippen LogP contribution in [0.1, 0.15) is 32.1 Å². The Kier molecular flexibility index (Phi) is 2.66. The standard InChI is InChI=1S/C10H20N2/c11-8-10-2-1-6-12(10)7-5-9-3-4-9/h9-10H,1-8,11H2. The first kappa shape index (κ1) is 8.52. The van der Waals surface area contributed by atoms with Crippen molar-refractivity contribution in [2.45, 2.75) is 38.1 Å². The quantitative estimate of drug-likeness (QED) is 0.683. The molecular formula is C10H20N2. The van der Waals surface area contributed by atoms with Crippen molar-refractivity contribution in [3.05, 3.63) is 0 Å². The van der Waals surface area contributed by atoms with Crippen LogP contribution < -0.4 is 5.73 Å². The van der Waals surface area contributed by atoms with E-state index >= 15 is 0 Å². The Morgan fingerprint density at radius 2 is 2.08 bits per heavy atom. The van der Waals surface area contributed by atoms with Crippen LogP contribution in [-0.4, -0.2) is 30.6 Å². The molecule has 0 aromatic heterocycles. The summed E-state index contributed by atoms with van der Waals surface area (Å²) in [6, 6.07) is 0.712. The monoisotopic (exact) mass is 168 g/mol. The highest BCUT2D eigenvalue weighted by Gasteiger charge is 2.26. The summed E-state index contributed by atoms with van der Waals surface area (Å²) in [6.07, 6.45) is 7.10. The van der Waals surface area contributed by atoms with Crippen molar-refractivity contribution in [3.63, 3.8) is 0 Å². The van der Waals surface area contributed by atoms with Crippen molar-refractivity contribution in [2.75, 3.05) is 19.6 Å². The first-order valence-corrected chi connectivity index (χ1v) is 5.34. The molecule has 2 heteroatoms. The Bertz CT molecular complexity index is 143. The van der Waals surface area contributed by atoms with Gasteiger partial charge in [0, 0.05) is 12.6 Å². The third kappa shape index (κ3) is 1.99. The SMILES string of the molecule is NCC1CCCN1CCC1CC1. The first-order valence-electron chi connectivity index (χ1n) is 5.34. The number of rotatable bonds is 4. The maximum atomic E-state index is 5.70. The van der Waals surface area contributed by atoms with Crippen LogP contribution in [0.4, 0.5) is 0 Å². The molecule has 1 saturated carbocycles. The summed E-state index contributed by atoms with van der Waals surface area (Å²) in [5.41, 5.74) is 5.70. The van der Waals surface area contributed by atoms with Gasteiger partial charge < -0.3 is 5.73 Å². The van der Waals surface area contributed by atoms with Crippen LogP contribution in [0.25, 0.3) is 0 Å². The predicted octanol–water partition coefficient (Wildman–Crippen LogP) is 1.21. The summed E-state index contributed by atoms with van der Waals surface area (Å²) in [7, 11) is 0. The zero-order valence-electron chi connectivity index (χ0n) is 7.84. The van der Waals surface area contributed by atoms with E-state index in [0.29, 0.717) is 6.04 Å². The summed E-state index contributed by atoms with van der Waals surface area (Å²) in [5, 5.41) is 0. The molecule has 1 heterocycles. The molecular weight excluding hydrogens is 148 g/mol. The molecule has 2 fully saturated rings. The van der Waals surface area contributed by atoms with E-state index in [1.807, 2.05) is 0 Å². The Morgan fingerprint density at radius 1 is 1.25 bits per heavy atom. The Morgan fingerprint density at radius 3 is 2.75 bits per heavy atom. The minimum Gasteiger partial charge on any atom is -0.329 e. The molecule has 0 aromatic carbocycles. The van der Waals surface area contributed by atoms with Crippen molar-refractivity contribution < 1.29 is 0 Å². The number of hydrogen-bond acceptors (Lipinski definition) is 2. The molecule has 70 valence electrons. The molecule has 0 aromatic rings. The van der Waals surface area contributed by atoms with Gasteiger partial charge in [-0.05, 0) is 38.3 Å². The fourth-order valence-electron chi connectivity index (χ4n) is 2.21. The van der Waals surface area contributed by atoms with Gasteiger partial charge in [0.15, 0.2) is 0 Å². The molecule has 2 rings (SSSR count). The van der Waals surface area contributed by atoms with E-state index in [4.69, 9.17) is 5.73 Å². The molecule has 1 atom stereocenters. The predicted molar refractivity (Wildman–Crippen MR) is 51.0 cm³/mol. The highest BCUT2D eigenvalue weighted by molar-refractivity contribution is 4.82. The lowest BCUT2D eigenvalue weighted by Crippen LogP contribution is -2.36. The lowest BCUT2D eigenvalue weighted by Gasteiger charge is -2.22. The molecule has 0 radical (unpaired) electrons. The Balaban J connectivity index is 1.69. The van der Waals surface area contributed by atoms with Crippen LogP contribution in [0.5, 0.6) is 0 Å². The van der Waals surface area contributed by atoms with Crippen LogP contribution in [0, 0.1) is 5.92 Å². The third-order valence-corrected chi connectivity index (χ3v) is 3.29. The van der Waals surface area contributed by atoms with Gasteiger partial charge in [0.25, 0.3) is 0 Å². The molecule has 12 heavy (non-hydrogen) atoms. The average molecular weight is 168 g/mol. The Hall–Kier alpha value is -0.0800. The van der Waals surface area contributed by atoms with Gasteiger partial charge in [-0.15, -0.1) is 0 Å². The van der Waals surface area contributed by atoms with E-state index in [2.05, 4.69) is 4.90 Å². The zero-order valence-corrected chi connectivity index (χ0v) is 7.84. The van der Waals surface area contributed by atoms with Crippen molar-refractivity contribution in [1.82, 2.24) is 4.90 Å². The summed E-state index contributed by atoms with van der Waals surface area (Å²) < 4.78 is 0. The van der Waals surface area contributed by atoms with Crippen LogP contribution in [0.15, 0.2) is 0 Å². The molecule has 2 nitrogen and oxygen atoms in total. The van der Waals surface area contributed by atoms with E-state index in [1.165, 1.54) is 45.2 Å². The smallest absolute Gasteiger partial charge is 0.0218 e. The topological polar surface area (TPSA) is 29.3 Å². The minimum absolute atomic E-state index is 0.712. The summed E-state index contributed by atoms with van der Waals surface area (Å²) >= 11 is 0. The van der Waals surface area contributed by atoms with Crippen LogP contribution >= 0.6 is 0 Å². The van der Waals surface area contributed by atoms with E-state index in [1.54, 1.807) is 0 Å². The molecule has 1 aliphatic heterocycles. The van der Waals surface area contributed by atoms with Gasteiger partial charge in [0.1, 0.15) is 0 Å². The lowest BCUT2D eigenvalue weighted by atomic mass is 10.2. The summed E-state index contributed by atoms with van der Waals surface area (Å²) in [6.45, 7) is 3.48. The Labute approximate surface area is 75.1 Å². The third-order valence-electron chi connectivity index (χ3n) is 3.29. The second-order valence-corrected chi connectivity index (χ2v) is 4.30. The van der Waals surface area contributed by atoms with Crippen molar-refractivity contribution in [2.24, 2.45) is 11.7 Å². The second-order valence-electron chi connectivity index (χ2n) is 4.30. The molecule has 0 amide bonds. The molecule has 2 N–H and O–H groups in total. The number of hydrogen-bond donors (Lipinski definition) is 1. The van der Waals surface area contributed by atoms with Gasteiger partial charge in [-0.3, -0.25) is 4.90 Å². The number of likely N-dealkylation sites (tertiary alicyclic amines) is 1. The highest BCUT2D eigenvalue weighted by atomic mass is 15.2. The van der Waals surface area contributed by atoms with E-state index < -0.39 is 0 Å². The van der Waals surface area contributed by atoms with Crippen molar-refractivity contribution in [1.29, 1.82) is 0 Å². The lowest BCUT2D eigenvalue weighted by molar-refractivity contribution is 0.251. The van der Waals surface area contributed by atoms with E-state index in [0.717, 1.165) is 12.5 Å². The highest BCUT2D eigenvalue weighted by Crippen LogP contribution is 2.33. The molecule has 0 bridgehead atoms. The van der Waals surface area contributed by atoms with Gasteiger partial charge >= 0.3 is 0 Å². The molecule has 1 aliphatic carbocycles. The van der Waals surface area contributed by atoms with Gasteiger partial charge in [0.2, 0.25) is 0 Å². The van der Waals surface area contributed by atoms with Crippen molar-refractivity contribution >= 4 is 0 Å². The maximum Gasteiger partial charge on any atom is 0.0218 e. The second kappa shape index (κ2) is 3.75. The van der Waals surface area contributed by atoms with Crippen molar-refractivity contribution in [3.8, 4) is 0 Å². The normalized spacial score (nSPS) is 31.2. The minimum atomic E-state index is 0.712. The van der Waals surface area contributed by atoms with Gasteiger partial charge in [0.05, 0.1) is 0 Å². The van der Waals surface area contributed by atoms with Crippen LogP contribution in [0.2, 0.25) is 0 Å². The summed E-state index contributed by atoms with van der Waals surface area (Å²) in [4.78, 5) is 2.60. The molecule has 2 aliphatic rings. The molecule has 0 spiro atoms. The van der Waals surface area contributed by atoms with E-state index in [9.17, 15) is 0 Å². The maximum absolute atomic E-state index is 5.70. The van der Waals surface area contributed by atoms with Crippen LogP contribution in [-0.2, 0) is 0 Å². The molecule has 1 unspecified atom stereocenters. The number of nitrogens with two attached hydrogens (primary N) is 1. The average Bonchev–Trinajstić information content (AvgIpc) is 2.81. The summed E-state index contributed by atoms with van der Waals surface area (Å²) in [5.74, 6) is 1.07. The van der Waals surface area contributed by atoms with Crippen LogP contribution in [0.3, 0.4) is 0 Å². The van der Waals surface area contributed by atoms with Gasteiger partial charge in [-0.2, -0.15) is 0 Å².